The number of hydrogen-bond donors (Lipinski definition) is 0. The molecule has 1 fully saturated rings. The molecule has 2 amide bonds. The zero-order chi connectivity index (χ0) is 22.8. The molecule has 1 saturated carbocycles. The summed E-state index contributed by atoms with van der Waals surface area (Å²) in [4.78, 5) is 29.8. The van der Waals surface area contributed by atoms with E-state index in [9.17, 15) is 14.0 Å². The topological polar surface area (TPSA) is 40.6 Å². The molecular weight excluding hydrogens is 415 g/mol. The average Bonchev–Trinajstić information content (AvgIpc) is 3.69. The lowest BCUT2D eigenvalue weighted by Crippen LogP contribution is -2.37. The van der Waals surface area contributed by atoms with Gasteiger partial charge in [-0.15, -0.1) is 0 Å². The summed E-state index contributed by atoms with van der Waals surface area (Å²) in [5, 5.41) is 0. The monoisotopic (exact) mass is 442 g/mol. The quantitative estimate of drug-likeness (QED) is 0.545. The SMILES string of the molecule is O=C(Cc1cccc(N(Cc2ccc(F)cc2)C(=O)C2CC2)c1)N1CCc2ccccc2C1. The summed E-state index contributed by atoms with van der Waals surface area (Å²) >= 11 is 0. The van der Waals surface area contributed by atoms with Gasteiger partial charge in [-0.1, -0.05) is 48.5 Å². The highest BCUT2D eigenvalue weighted by molar-refractivity contribution is 5.96. The van der Waals surface area contributed by atoms with Gasteiger partial charge < -0.3 is 9.80 Å². The fourth-order valence-electron chi connectivity index (χ4n) is 4.45. The van der Waals surface area contributed by atoms with Gasteiger partial charge in [0.2, 0.25) is 11.8 Å². The van der Waals surface area contributed by atoms with E-state index >= 15 is 0 Å². The van der Waals surface area contributed by atoms with Gasteiger partial charge in [-0.25, -0.2) is 4.39 Å². The first kappa shape index (κ1) is 21.4. The van der Waals surface area contributed by atoms with Gasteiger partial charge in [0.25, 0.3) is 0 Å². The molecule has 0 bridgehead atoms. The van der Waals surface area contributed by atoms with Crippen molar-refractivity contribution in [2.45, 2.75) is 38.8 Å². The maximum atomic E-state index is 13.3. The fraction of sp³-hybridized carbons (Fsp3) is 0.286. The van der Waals surface area contributed by atoms with E-state index in [0.717, 1.165) is 42.6 Å². The number of amides is 2. The first-order chi connectivity index (χ1) is 16.1. The molecule has 0 aromatic heterocycles. The number of carbonyl (C=O) groups excluding carboxylic acids is 2. The van der Waals surface area contributed by atoms with Crippen molar-refractivity contribution < 1.29 is 14.0 Å². The second kappa shape index (κ2) is 9.18. The molecule has 168 valence electrons. The van der Waals surface area contributed by atoms with Crippen molar-refractivity contribution in [3.05, 3.63) is 101 Å². The third kappa shape index (κ3) is 4.98. The van der Waals surface area contributed by atoms with Crippen LogP contribution < -0.4 is 4.90 Å². The van der Waals surface area contributed by atoms with E-state index in [4.69, 9.17) is 0 Å². The highest BCUT2D eigenvalue weighted by atomic mass is 19.1. The van der Waals surface area contributed by atoms with E-state index < -0.39 is 0 Å². The van der Waals surface area contributed by atoms with Crippen molar-refractivity contribution in [2.75, 3.05) is 11.4 Å². The Kier molecular flexibility index (Phi) is 5.95. The summed E-state index contributed by atoms with van der Waals surface area (Å²) in [5.41, 5.74) is 5.08. The van der Waals surface area contributed by atoms with Crippen LogP contribution in [0.3, 0.4) is 0 Å². The van der Waals surface area contributed by atoms with Crippen LogP contribution in [0.5, 0.6) is 0 Å². The highest BCUT2D eigenvalue weighted by Gasteiger charge is 2.34. The van der Waals surface area contributed by atoms with Crippen LogP contribution in [0.25, 0.3) is 0 Å². The van der Waals surface area contributed by atoms with Gasteiger partial charge in [0.15, 0.2) is 0 Å². The van der Waals surface area contributed by atoms with Crippen LogP contribution in [0.15, 0.2) is 72.8 Å². The molecule has 5 heteroatoms. The van der Waals surface area contributed by atoms with Crippen LogP contribution >= 0.6 is 0 Å². The molecule has 5 rings (SSSR count). The van der Waals surface area contributed by atoms with Crippen molar-refractivity contribution in [3.63, 3.8) is 0 Å². The number of rotatable bonds is 6. The standard InChI is InChI=1S/C28H27FN2O2/c29-25-12-8-20(9-13-25)18-31(28(33)23-10-11-23)26-7-3-4-21(16-26)17-27(32)30-15-14-22-5-1-2-6-24(22)19-30/h1-9,12-13,16,23H,10-11,14-15,17-19H2. The van der Waals surface area contributed by atoms with Crippen LogP contribution in [0.1, 0.15) is 35.1 Å². The Hall–Kier alpha value is -3.47. The predicted molar refractivity (Wildman–Crippen MR) is 126 cm³/mol. The molecule has 0 N–H and O–H groups in total. The van der Waals surface area contributed by atoms with E-state index in [2.05, 4.69) is 12.1 Å². The number of benzene rings is 3. The smallest absolute Gasteiger partial charge is 0.230 e. The van der Waals surface area contributed by atoms with Crippen molar-refractivity contribution in [1.29, 1.82) is 0 Å². The largest absolute Gasteiger partial charge is 0.338 e. The van der Waals surface area contributed by atoms with E-state index in [-0.39, 0.29) is 23.5 Å². The number of fused-ring (bicyclic) bond motifs is 1. The van der Waals surface area contributed by atoms with Gasteiger partial charge in [-0.3, -0.25) is 9.59 Å². The van der Waals surface area contributed by atoms with E-state index in [1.165, 1.54) is 23.3 Å². The second-order valence-electron chi connectivity index (χ2n) is 9.01. The predicted octanol–water partition coefficient (Wildman–Crippen LogP) is 4.90. The van der Waals surface area contributed by atoms with Crippen molar-refractivity contribution in [3.8, 4) is 0 Å². The molecule has 33 heavy (non-hydrogen) atoms. The van der Waals surface area contributed by atoms with Crippen molar-refractivity contribution in [2.24, 2.45) is 5.92 Å². The Morgan fingerprint density at radius 2 is 1.67 bits per heavy atom. The molecule has 1 heterocycles. The summed E-state index contributed by atoms with van der Waals surface area (Å²) in [6.07, 6.45) is 3.00. The van der Waals surface area contributed by atoms with Gasteiger partial charge in [0, 0.05) is 24.7 Å². The van der Waals surface area contributed by atoms with Crippen molar-refractivity contribution in [1.82, 2.24) is 4.90 Å². The Balaban J connectivity index is 1.32. The summed E-state index contributed by atoms with van der Waals surface area (Å²) in [6, 6.07) is 22.2. The van der Waals surface area contributed by atoms with E-state index in [1.54, 1.807) is 17.0 Å². The Morgan fingerprint density at radius 1 is 0.909 bits per heavy atom. The lowest BCUT2D eigenvalue weighted by atomic mass is 9.99. The molecule has 1 aliphatic carbocycles. The molecule has 0 radical (unpaired) electrons. The Bertz CT molecular complexity index is 1170. The maximum Gasteiger partial charge on any atom is 0.230 e. The molecule has 1 aliphatic heterocycles. The lowest BCUT2D eigenvalue weighted by Gasteiger charge is -2.29. The summed E-state index contributed by atoms with van der Waals surface area (Å²) < 4.78 is 13.3. The Morgan fingerprint density at radius 3 is 2.42 bits per heavy atom. The van der Waals surface area contributed by atoms with Gasteiger partial charge in [0.05, 0.1) is 13.0 Å². The van der Waals surface area contributed by atoms with Gasteiger partial charge in [-0.2, -0.15) is 0 Å². The van der Waals surface area contributed by atoms with Crippen LogP contribution in [0, 0.1) is 11.7 Å². The third-order valence-corrected chi connectivity index (χ3v) is 6.51. The maximum absolute atomic E-state index is 13.3. The van der Waals surface area contributed by atoms with Crippen molar-refractivity contribution >= 4 is 17.5 Å². The molecule has 0 spiro atoms. The fourth-order valence-corrected chi connectivity index (χ4v) is 4.45. The molecule has 0 unspecified atom stereocenters. The van der Waals surface area contributed by atoms with Gasteiger partial charge in [-0.05, 0) is 65.8 Å². The molecule has 0 atom stereocenters. The van der Waals surface area contributed by atoms with Crippen LogP contribution in [0.4, 0.5) is 10.1 Å². The van der Waals surface area contributed by atoms with Crippen LogP contribution in [-0.4, -0.2) is 23.3 Å². The number of carbonyl (C=O) groups is 2. The number of nitrogens with zero attached hydrogens (tertiary/aromatic N) is 2. The molecular formula is C28H27FN2O2. The molecule has 4 nitrogen and oxygen atoms in total. The second-order valence-corrected chi connectivity index (χ2v) is 9.01. The minimum atomic E-state index is -0.292. The van der Waals surface area contributed by atoms with E-state index in [1.807, 2.05) is 41.3 Å². The lowest BCUT2D eigenvalue weighted by molar-refractivity contribution is -0.131. The van der Waals surface area contributed by atoms with Gasteiger partial charge in [0.1, 0.15) is 5.82 Å². The average molecular weight is 443 g/mol. The molecule has 0 saturated heterocycles. The number of halogens is 1. The first-order valence-electron chi connectivity index (χ1n) is 11.6. The number of hydrogen-bond acceptors (Lipinski definition) is 2. The van der Waals surface area contributed by atoms with Crippen LogP contribution in [0.2, 0.25) is 0 Å². The minimum absolute atomic E-state index is 0.0594. The molecule has 2 aliphatic rings. The van der Waals surface area contributed by atoms with Gasteiger partial charge >= 0.3 is 0 Å². The van der Waals surface area contributed by atoms with Crippen LogP contribution in [-0.2, 0) is 35.5 Å². The highest BCUT2D eigenvalue weighted by Crippen LogP contribution is 2.34. The van der Waals surface area contributed by atoms with E-state index in [0.29, 0.717) is 19.5 Å². The zero-order valence-electron chi connectivity index (χ0n) is 18.5. The zero-order valence-corrected chi connectivity index (χ0v) is 18.5. The summed E-state index contributed by atoms with van der Waals surface area (Å²) in [6.45, 7) is 1.76. The first-order valence-corrected chi connectivity index (χ1v) is 11.6. The normalized spacial score (nSPS) is 15.1. The number of anilines is 1. The summed E-state index contributed by atoms with van der Waals surface area (Å²) in [7, 11) is 0. The molecule has 3 aromatic rings. The summed E-state index contributed by atoms with van der Waals surface area (Å²) in [5.74, 6) is -0.0421. The minimum Gasteiger partial charge on any atom is -0.338 e. The third-order valence-electron chi connectivity index (χ3n) is 6.51. The molecule has 3 aromatic carbocycles. The Labute approximate surface area is 193 Å².